The van der Waals surface area contributed by atoms with Crippen molar-refractivity contribution in [3.05, 3.63) is 0 Å². The summed E-state index contributed by atoms with van der Waals surface area (Å²) in [4.78, 5) is 0. The maximum absolute atomic E-state index is 8.89. The second-order valence-electron chi connectivity index (χ2n) is 1.87. The van der Waals surface area contributed by atoms with E-state index in [0.29, 0.717) is 0 Å². The molecule has 7 heavy (non-hydrogen) atoms. The number of hydrogen-bond acceptors (Lipinski definition) is 2. The highest BCUT2D eigenvalue weighted by atomic mass is 32.2. The molecule has 1 N–H and O–H groups in total. The highest BCUT2D eigenvalue weighted by Crippen LogP contribution is 2.15. The molecule has 1 rings (SSSR count). The summed E-state index contributed by atoms with van der Waals surface area (Å²) in [5, 5.41) is 8.89. The van der Waals surface area contributed by atoms with Crippen LogP contribution in [0.5, 0.6) is 0 Å². The number of aliphatic hydroxyl groups excluding tert-OH is 1. The fraction of sp³-hybridized carbons (Fsp3) is 1.00. The first kappa shape index (κ1) is 5.45. The summed E-state index contributed by atoms with van der Waals surface area (Å²) in [5.41, 5.74) is 0. The van der Waals surface area contributed by atoms with Crippen LogP contribution in [0.3, 0.4) is 0 Å². The Morgan fingerprint density at radius 3 is 2.71 bits per heavy atom. The highest BCUT2D eigenvalue weighted by Gasteiger charge is 2.08. The Hall–Kier alpha value is 0.310. The van der Waals surface area contributed by atoms with Crippen LogP contribution in [0, 0.1) is 0 Å². The SMILES string of the molecule is O[C@H]1CCCSC1. The van der Waals surface area contributed by atoms with Gasteiger partial charge in [0.25, 0.3) is 0 Å². The van der Waals surface area contributed by atoms with Crippen molar-refractivity contribution in [3.8, 4) is 0 Å². The summed E-state index contributed by atoms with van der Waals surface area (Å²) in [6.45, 7) is 0. The molecule has 0 saturated carbocycles. The molecule has 2 heteroatoms. The molecule has 1 nitrogen and oxygen atoms in total. The maximum atomic E-state index is 8.89. The Labute approximate surface area is 48.1 Å². The van der Waals surface area contributed by atoms with Gasteiger partial charge in [-0.2, -0.15) is 11.8 Å². The van der Waals surface area contributed by atoms with E-state index in [4.69, 9.17) is 5.11 Å². The Kier molecular flexibility index (Phi) is 2.00. The monoisotopic (exact) mass is 118 g/mol. The van der Waals surface area contributed by atoms with Gasteiger partial charge in [-0.15, -0.1) is 0 Å². The Morgan fingerprint density at radius 2 is 2.43 bits per heavy atom. The average molecular weight is 118 g/mol. The molecule has 0 radical (unpaired) electrons. The third kappa shape index (κ3) is 1.70. The largest absolute Gasteiger partial charge is 0.392 e. The minimum absolute atomic E-state index is 0.00116. The first-order valence-corrected chi connectivity index (χ1v) is 3.81. The lowest BCUT2D eigenvalue weighted by Gasteiger charge is -2.14. The quantitative estimate of drug-likeness (QED) is 0.509. The summed E-state index contributed by atoms with van der Waals surface area (Å²) in [5.74, 6) is 2.21. The average Bonchev–Trinajstić information content (AvgIpc) is 1.69. The van der Waals surface area contributed by atoms with Gasteiger partial charge in [-0.3, -0.25) is 0 Å². The molecule has 1 aliphatic rings. The van der Waals surface area contributed by atoms with E-state index in [-0.39, 0.29) is 6.10 Å². The van der Waals surface area contributed by atoms with Gasteiger partial charge in [-0.1, -0.05) is 0 Å². The number of aliphatic hydroxyl groups is 1. The fourth-order valence-electron chi connectivity index (χ4n) is 0.724. The van der Waals surface area contributed by atoms with Gasteiger partial charge in [0.1, 0.15) is 0 Å². The molecule has 0 spiro atoms. The topological polar surface area (TPSA) is 20.2 Å². The lowest BCUT2D eigenvalue weighted by atomic mass is 10.2. The third-order valence-corrected chi connectivity index (χ3v) is 2.33. The maximum Gasteiger partial charge on any atom is 0.0630 e. The molecule has 0 aromatic heterocycles. The van der Waals surface area contributed by atoms with Crippen LogP contribution >= 0.6 is 11.8 Å². The van der Waals surface area contributed by atoms with Gasteiger partial charge < -0.3 is 5.11 Å². The molecule has 1 heterocycles. The molecule has 1 aliphatic heterocycles. The first-order valence-electron chi connectivity index (χ1n) is 2.65. The summed E-state index contributed by atoms with van der Waals surface area (Å²) in [6.07, 6.45) is 2.22. The molecular weight excluding hydrogens is 108 g/mol. The summed E-state index contributed by atoms with van der Waals surface area (Å²) in [7, 11) is 0. The predicted octanol–water partition coefficient (Wildman–Crippen LogP) is 0.874. The van der Waals surface area contributed by atoms with E-state index in [1.165, 1.54) is 12.2 Å². The standard InChI is InChI=1S/C5H10OS/c6-5-2-1-3-7-4-5/h5-6H,1-4H2/t5-/m0/s1. The Balaban J connectivity index is 2.12. The van der Waals surface area contributed by atoms with Crippen LogP contribution in [-0.4, -0.2) is 22.7 Å². The van der Waals surface area contributed by atoms with Crippen LogP contribution in [0.4, 0.5) is 0 Å². The lowest BCUT2D eigenvalue weighted by molar-refractivity contribution is 0.185. The van der Waals surface area contributed by atoms with Crippen molar-refractivity contribution < 1.29 is 5.11 Å². The summed E-state index contributed by atoms with van der Waals surface area (Å²) >= 11 is 1.85. The molecule has 0 aromatic rings. The van der Waals surface area contributed by atoms with Crippen molar-refractivity contribution in [2.45, 2.75) is 18.9 Å². The van der Waals surface area contributed by atoms with Gasteiger partial charge >= 0.3 is 0 Å². The Bertz CT molecular complexity index is 50.0. The third-order valence-electron chi connectivity index (χ3n) is 1.14. The van der Waals surface area contributed by atoms with Crippen LogP contribution < -0.4 is 0 Å². The lowest BCUT2D eigenvalue weighted by Crippen LogP contribution is -2.14. The van der Waals surface area contributed by atoms with Crippen molar-refractivity contribution in [3.63, 3.8) is 0 Å². The minimum Gasteiger partial charge on any atom is -0.392 e. The minimum atomic E-state index is -0.00116. The van der Waals surface area contributed by atoms with Crippen molar-refractivity contribution in [2.75, 3.05) is 11.5 Å². The van der Waals surface area contributed by atoms with E-state index < -0.39 is 0 Å². The van der Waals surface area contributed by atoms with Crippen LogP contribution in [-0.2, 0) is 0 Å². The molecule has 0 amide bonds. The van der Waals surface area contributed by atoms with Gasteiger partial charge in [0.05, 0.1) is 6.10 Å². The molecule has 1 atom stereocenters. The van der Waals surface area contributed by atoms with Gasteiger partial charge in [-0.05, 0) is 18.6 Å². The Morgan fingerprint density at radius 1 is 1.57 bits per heavy atom. The van der Waals surface area contributed by atoms with Crippen molar-refractivity contribution >= 4 is 11.8 Å². The predicted molar refractivity (Wildman–Crippen MR) is 32.6 cm³/mol. The van der Waals surface area contributed by atoms with Crippen molar-refractivity contribution in [2.24, 2.45) is 0 Å². The van der Waals surface area contributed by atoms with Gasteiger partial charge in [-0.25, -0.2) is 0 Å². The normalized spacial score (nSPS) is 33.0. The van der Waals surface area contributed by atoms with Crippen LogP contribution in [0.15, 0.2) is 0 Å². The number of hydrogen-bond donors (Lipinski definition) is 1. The van der Waals surface area contributed by atoms with E-state index >= 15 is 0 Å². The molecule has 0 unspecified atom stereocenters. The zero-order valence-electron chi connectivity index (χ0n) is 4.26. The highest BCUT2D eigenvalue weighted by molar-refractivity contribution is 7.99. The molecular formula is C5H10OS. The van der Waals surface area contributed by atoms with E-state index in [1.807, 2.05) is 11.8 Å². The second kappa shape index (κ2) is 2.58. The summed E-state index contributed by atoms with van der Waals surface area (Å²) in [6, 6.07) is 0. The fourth-order valence-corrected chi connectivity index (χ4v) is 1.70. The molecule has 0 aromatic carbocycles. The van der Waals surface area contributed by atoms with Crippen molar-refractivity contribution in [1.29, 1.82) is 0 Å². The van der Waals surface area contributed by atoms with Crippen LogP contribution in [0.2, 0.25) is 0 Å². The zero-order valence-corrected chi connectivity index (χ0v) is 5.08. The van der Waals surface area contributed by atoms with Gasteiger partial charge in [0.15, 0.2) is 0 Å². The van der Waals surface area contributed by atoms with Gasteiger partial charge in [0, 0.05) is 5.75 Å². The zero-order chi connectivity index (χ0) is 5.11. The molecule has 0 bridgehead atoms. The van der Waals surface area contributed by atoms with E-state index in [9.17, 15) is 0 Å². The van der Waals surface area contributed by atoms with E-state index in [1.54, 1.807) is 0 Å². The molecule has 0 aliphatic carbocycles. The first-order chi connectivity index (χ1) is 3.39. The number of thioether (sulfide) groups is 1. The van der Waals surface area contributed by atoms with Crippen LogP contribution in [0.25, 0.3) is 0 Å². The molecule has 1 saturated heterocycles. The van der Waals surface area contributed by atoms with Gasteiger partial charge in [0.2, 0.25) is 0 Å². The van der Waals surface area contributed by atoms with E-state index in [2.05, 4.69) is 0 Å². The molecule has 42 valence electrons. The van der Waals surface area contributed by atoms with Crippen LogP contribution in [0.1, 0.15) is 12.8 Å². The van der Waals surface area contributed by atoms with E-state index in [0.717, 1.165) is 12.2 Å². The number of rotatable bonds is 0. The van der Waals surface area contributed by atoms with Crippen molar-refractivity contribution in [1.82, 2.24) is 0 Å². The smallest absolute Gasteiger partial charge is 0.0630 e. The molecule has 1 fully saturated rings. The second-order valence-corrected chi connectivity index (χ2v) is 3.02. The summed E-state index contributed by atoms with van der Waals surface area (Å²) < 4.78 is 0.